The number of aryl methyl sites for hydroxylation is 2. The van der Waals surface area contributed by atoms with Crippen molar-refractivity contribution in [2.75, 3.05) is 11.9 Å². The highest BCUT2D eigenvalue weighted by Crippen LogP contribution is 2.46. The highest BCUT2D eigenvalue weighted by atomic mass is 16.5. The van der Waals surface area contributed by atoms with Gasteiger partial charge >= 0.3 is 0 Å². The van der Waals surface area contributed by atoms with Gasteiger partial charge in [0.15, 0.2) is 0 Å². The Balaban J connectivity index is 1.33. The van der Waals surface area contributed by atoms with Crippen LogP contribution in [0, 0.1) is 12.8 Å². The van der Waals surface area contributed by atoms with Gasteiger partial charge in [-0.05, 0) is 31.0 Å². The quantitative estimate of drug-likeness (QED) is 0.709. The molecule has 0 amide bonds. The van der Waals surface area contributed by atoms with Crippen LogP contribution in [-0.2, 0) is 13.6 Å². The fourth-order valence-electron chi connectivity index (χ4n) is 3.12. The van der Waals surface area contributed by atoms with Crippen molar-refractivity contribution in [1.29, 1.82) is 0 Å². The summed E-state index contributed by atoms with van der Waals surface area (Å²) >= 11 is 0. The van der Waals surface area contributed by atoms with Crippen LogP contribution in [0.5, 0.6) is 5.88 Å². The van der Waals surface area contributed by atoms with Crippen LogP contribution in [0.25, 0.3) is 0 Å². The van der Waals surface area contributed by atoms with Crippen LogP contribution in [0.1, 0.15) is 29.2 Å². The molecule has 3 heterocycles. The van der Waals surface area contributed by atoms with Gasteiger partial charge in [0.2, 0.25) is 5.88 Å². The largest absolute Gasteiger partial charge is 0.477 e. The number of nitrogens with one attached hydrogen (secondary N) is 1. The van der Waals surface area contributed by atoms with E-state index in [0.29, 0.717) is 24.3 Å². The first-order chi connectivity index (χ1) is 12.7. The lowest BCUT2D eigenvalue weighted by molar-refractivity contribution is 0.285. The summed E-state index contributed by atoms with van der Waals surface area (Å²) < 4.78 is 7.74. The Morgan fingerprint density at radius 3 is 2.96 bits per heavy atom. The minimum absolute atomic E-state index is 0.518. The summed E-state index contributed by atoms with van der Waals surface area (Å²) in [6, 6.07) is 8.06. The molecule has 0 aromatic carbocycles. The number of ether oxygens (including phenoxy) is 1. The Morgan fingerprint density at radius 1 is 1.27 bits per heavy atom. The van der Waals surface area contributed by atoms with Crippen LogP contribution < -0.4 is 10.1 Å². The average molecular weight is 349 g/mol. The van der Waals surface area contributed by atoms with E-state index >= 15 is 0 Å². The predicted octanol–water partition coefficient (Wildman–Crippen LogP) is 3.31. The zero-order valence-electron chi connectivity index (χ0n) is 15.1. The standard InChI is InChI=1S/C20H23N5O/c1-14-9-23-20(8-19(14)22-10-15-11-24-25(2)12-15)26-13-16-7-17(16)18-5-3-4-6-21-18/h3-6,8-9,11-12,16-17H,7,10,13H2,1-2H3,(H,22,23)/t16-,17+/m1/s1. The van der Waals surface area contributed by atoms with Gasteiger partial charge in [0, 0.05) is 67.0 Å². The van der Waals surface area contributed by atoms with Crippen molar-refractivity contribution >= 4 is 5.69 Å². The van der Waals surface area contributed by atoms with Crippen LogP contribution in [0.15, 0.2) is 49.1 Å². The molecular formula is C20H23N5O. The second kappa shape index (κ2) is 7.15. The molecule has 0 bridgehead atoms. The van der Waals surface area contributed by atoms with E-state index in [1.165, 1.54) is 0 Å². The van der Waals surface area contributed by atoms with E-state index in [4.69, 9.17) is 4.74 Å². The van der Waals surface area contributed by atoms with Gasteiger partial charge in [0.05, 0.1) is 12.8 Å². The van der Waals surface area contributed by atoms with Crippen LogP contribution in [0.4, 0.5) is 5.69 Å². The summed E-state index contributed by atoms with van der Waals surface area (Å²) in [5.74, 6) is 1.71. The summed E-state index contributed by atoms with van der Waals surface area (Å²) in [7, 11) is 1.92. The van der Waals surface area contributed by atoms with E-state index in [1.807, 2.05) is 57.0 Å². The minimum Gasteiger partial charge on any atom is -0.477 e. The third kappa shape index (κ3) is 3.85. The fourth-order valence-corrected chi connectivity index (χ4v) is 3.12. The van der Waals surface area contributed by atoms with E-state index in [2.05, 4.69) is 26.4 Å². The number of nitrogens with zero attached hydrogens (tertiary/aromatic N) is 4. The molecule has 1 fully saturated rings. The molecule has 0 saturated heterocycles. The zero-order chi connectivity index (χ0) is 17.9. The molecule has 1 aliphatic carbocycles. The van der Waals surface area contributed by atoms with Crippen molar-refractivity contribution in [3.63, 3.8) is 0 Å². The molecule has 3 aromatic rings. The van der Waals surface area contributed by atoms with Crippen LogP contribution in [-0.4, -0.2) is 26.4 Å². The van der Waals surface area contributed by atoms with E-state index < -0.39 is 0 Å². The van der Waals surface area contributed by atoms with Crippen molar-refractivity contribution in [2.45, 2.75) is 25.8 Å². The first kappa shape index (κ1) is 16.6. The summed E-state index contributed by atoms with van der Waals surface area (Å²) in [4.78, 5) is 8.84. The number of rotatable bonds is 7. The third-order valence-corrected chi connectivity index (χ3v) is 4.75. The fraction of sp³-hybridized carbons (Fsp3) is 0.350. The first-order valence-electron chi connectivity index (χ1n) is 8.91. The number of aromatic nitrogens is 4. The Bertz CT molecular complexity index is 877. The Labute approximate surface area is 153 Å². The molecule has 26 heavy (non-hydrogen) atoms. The third-order valence-electron chi connectivity index (χ3n) is 4.75. The molecule has 0 aliphatic heterocycles. The van der Waals surface area contributed by atoms with Crippen LogP contribution in [0.2, 0.25) is 0 Å². The van der Waals surface area contributed by atoms with Crippen molar-refractivity contribution in [3.8, 4) is 5.88 Å². The molecule has 1 N–H and O–H groups in total. The Kier molecular flexibility index (Phi) is 4.56. The number of pyridine rings is 2. The molecule has 1 saturated carbocycles. The molecule has 6 nitrogen and oxygen atoms in total. The summed E-state index contributed by atoms with van der Waals surface area (Å²) in [5.41, 5.74) is 4.44. The van der Waals surface area contributed by atoms with Crippen molar-refractivity contribution in [1.82, 2.24) is 19.7 Å². The van der Waals surface area contributed by atoms with E-state index in [1.54, 1.807) is 4.68 Å². The van der Waals surface area contributed by atoms with Gasteiger partial charge < -0.3 is 10.1 Å². The lowest BCUT2D eigenvalue weighted by Crippen LogP contribution is -2.05. The molecule has 0 radical (unpaired) electrons. The highest BCUT2D eigenvalue weighted by Gasteiger charge is 2.39. The maximum Gasteiger partial charge on any atom is 0.215 e. The Hall–Kier alpha value is -2.89. The van der Waals surface area contributed by atoms with E-state index in [-0.39, 0.29) is 0 Å². The lowest BCUT2D eigenvalue weighted by atomic mass is 10.2. The van der Waals surface area contributed by atoms with E-state index in [0.717, 1.165) is 35.5 Å². The smallest absolute Gasteiger partial charge is 0.215 e. The number of anilines is 1. The average Bonchev–Trinajstić information content (AvgIpc) is 3.33. The molecule has 2 atom stereocenters. The van der Waals surface area contributed by atoms with Gasteiger partial charge in [-0.25, -0.2) is 4.98 Å². The number of hydrogen-bond acceptors (Lipinski definition) is 5. The minimum atomic E-state index is 0.518. The van der Waals surface area contributed by atoms with Gasteiger partial charge in [0.1, 0.15) is 0 Å². The summed E-state index contributed by atoms with van der Waals surface area (Å²) in [6.45, 7) is 3.45. The van der Waals surface area contributed by atoms with Gasteiger partial charge in [-0.3, -0.25) is 9.67 Å². The predicted molar refractivity (Wildman–Crippen MR) is 100 cm³/mol. The maximum absolute atomic E-state index is 5.94. The topological polar surface area (TPSA) is 64.9 Å². The SMILES string of the molecule is Cc1cnc(OC[C@H]2C[C@@H]2c2ccccn2)cc1NCc1cnn(C)c1. The van der Waals surface area contributed by atoms with Gasteiger partial charge in [0.25, 0.3) is 0 Å². The van der Waals surface area contributed by atoms with Crippen molar-refractivity contribution in [3.05, 3.63) is 65.9 Å². The maximum atomic E-state index is 5.94. The molecule has 134 valence electrons. The summed E-state index contributed by atoms with van der Waals surface area (Å²) in [5, 5.41) is 7.63. The first-order valence-corrected chi connectivity index (χ1v) is 8.91. The van der Waals surface area contributed by atoms with Crippen LogP contribution in [0.3, 0.4) is 0 Å². The molecule has 6 heteroatoms. The van der Waals surface area contributed by atoms with Crippen molar-refractivity contribution in [2.24, 2.45) is 13.0 Å². The lowest BCUT2D eigenvalue weighted by Gasteiger charge is -2.11. The van der Waals surface area contributed by atoms with Gasteiger partial charge in [-0.2, -0.15) is 5.10 Å². The van der Waals surface area contributed by atoms with E-state index in [9.17, 15) is 0 Å². The molecule has 4 rings (SSSR count). The second-order valence-electron chi connectivity index (χ2n) is 6.88. The summed E-state index contributed by atoms with van der Waals surface area (Å²) in [6.07, 6.45) is 8.71. The van der Waals surface area contributed by atoms with Gasteiger partial charge in [-0.1, -0.05) is 6.07 Å². The second-order valence-corrected chi connectivity index (χ2v) is 6.88. The molecule has 3 aromatic heterocycles. The Morgan fingerprint density at radius 2 is 2.19 bits per heavy atom. The van der Waals surface area contributed by atoms with Crippen molar-refractivity contribution < 1.29 is 4.74 Å². The molecule has 0 unspecified atom stereocenters. The highest BCUT2D eigenvalue weighted by molar-refractivity contribution is 5.52. The zero-order valence-corrected chi connectivity index (χ0v) is 15.1. The molecule has 1 aliphatic rings. The van der Waals surface area contributed by atoms with Crippen LogP contribution >= 0.6 is 0 Å². The molecule has 0 spiro atoms. The molecular weight excluding hydrogens is 326 g/mol. The van der Waals surface area contributed by atoms with Gasteiger partial charge in [-0.15, -0.1) is 0 Å². The normalized spacial score (nSPS) is 18.5. The number of hydrogen-bond donors (Lipinski definition) is 1. The monoisotopic (exact) mass is 349 g/mol.